The summed E-state index contributed by atoms with van der Waals surface area (Å²) in [6, 6.07) is 14.6. The number of nitrogens with one attached hydrogen (secondary N) is 1. The number of carbonyl (C=O) groups excluding carboxylic acids is 2. The number of carbonyl (C=O) groups is 3. The highest BCUT2D eigenvalue weighted by Crippen LogP contribution is 2.39. The molecule has 1 aromatic heterocycles. The molecule has 8 heteroatoms. The van der Waals surface area contributed by atoms with Gasteiger partial charge in [0.1, 0.15) is 12.6 Å². The second kappa shape index (κ2) is 8.51. The van der Waals surface area contributed by atoms with Crippen molar-refractivity contribution >= 4 is 28.9 Å². The van der Waals surface area contributed by atoms with E-state index in [1.54, 1.807) is 12.1 Å². The number of esters is 1. The van der Waals surface area contributed by atoms with Gasteiger partial charge < -0.3 is 19.6 Å². The first kappa shape index (κ1) is 20.5. The summed E-state index contributed by atoms with van der Waals surface area (Å²) in [4.78, 5) is 41.8. The molecular weight excluding hydrogens is 400 g/mol. The van der Waals surface area contributed by atoms with Gasteiger partial charge in [-0.2, -0.15) is 0 Å². The number of ether oxygens (including phenoxy) is 2. The van der Waals surface area contributed by atoms with Crippen LogP contribution >= 0.6 is 0 Å². The Morgan fingerprint density at radius 1 is 1.10 bits per heavy atom. The summed E-state index contributed by atoms with van der Waals surface area (Å²) in [5.41, 5.74) is 2.99. The molecule has 1 amide bonds. The Bertz CT molecular complexity index is 1120. The molecule has 4 rings (SSSR count). The molecule has 8 nitrogen and oxygen atoms in total. The maximum Gasteiger partial charge on any atom is 0.411 e. The van der Waals surface area contributed by atoms with Crippen LogP contribution in [0.5, 0.6) is 0 Å². The van der Waals surface area contributed by atoms with Crippen LogP contribution in [0.3, 0.4) is 0 Å². The van der Waals surface area contributed by atoms with Crippen molar-refractivity contribution in [1.82, 2.24) is 9.88 Å². The van der Waals surface area contributed by atoms with Crippen molar-refractivity contribution in [3.05, 3.63) is 71.4 Å². The third kappa shape index (κ3) is 3.96. The van der Waals surface area contributed by atoms with Crippen molar-refractivity contribution in [3.8, 4) is 0 Å². The summed E-state index contributed by atoms with van der Waals surface area (Å²) >= 11 is 0. The number of carboxylic acid groups (broad SMARTS) is 1. The molecule has 0 radical (unpaired) electrons. The molecule has 31 heavy (non-hydrogen) atoms. The second-order valence-corrected chi connectivity index (χ2v) is 7.36. The SMILES string of the molecule is COC(=O)C[C@@H]1c2[nH]c3ccccc3c2C[C@@H](C(=O)O)N1C(=O)OCc1ccccc1. The van der Waals surface area contributed by atoms with Crippen molar-refractivity contribution < 1.29 is 29.0 Å². The van der Waals surface area contributed by atoms with Gasteiger partial charge in [-0.15, -0.1) is 0 Å². The van der Waals surface area contributed by atoms with Crippen LogP contribution in [0, 0.1) is 0 Å². The maximum atomic E-state index is 13.1. The van der Waals surface area contributed by atoms with Gasteiger partial charge in [-0.3, -0.25) is 9.69 Å². The van der Waals surface area contributed by atoms with Crippen LogP contribution in [0.25, 0.3) is 10.9 Å². The number of fused-ring (bicyclic) bond motifs is 3. The zero-order valence-corrected chi connectivity index (χ0v) is 16.9. The standard InChI is InChI=1S/C23H22N2O6/c1-30-20(26)12-18-21-16(15-9-5-6-10-17(15)24-21)11-19(22(27)28)25(18)23(29)31-13-14-7-3-2-4-8-14/h2-10,18-19,24H,11-13H2,1H3,(H,27,28)/t18-,19+/m1/s1. The number of amides is 1. The van der Waals surface area contributed by atoms with E-state index in [9.17, 15) is 19.5 Å². The van der Waals surface area contributed by atoms with Gasteiger partial charge in [-0.05, 0) is 17.2 Å². The number of aromatic nitrogens is 1. The van der Waals surface area contributed by atoms with E-state index in [1.807, 2.05) is 42.5 Å². The normalized spacial score (nSPS) is 17.8. The molecule has 0 fully saturated rings. The van der Waals surface area contributed by atoms with E-state index in [0.717, 1.165) is 26.9 Å². The summed E-state index contributed by atoms with van der Waals surface area (Å²) in [6.07, 6.45) is -0.887. The first-order valence-corrected chi connectivity index (χ1v) is 9.87. The number of nitrogens with zero attached hydrogens (tertiary/aromatic N) is 1. The summed E-state index contributed by atoms with van der Waals surface area (Å²) in [5.74, 6) is -1.72. The van der Waals surface area contributed by atoms with E-state index < -0.39 is 30.1 Å². The third-order valence-corrected chi connectivity index (χ3v) is 5.54. The monoisotopic (exact) mass is 422 g/mol. The van der Waals surface area contributed by atoms with E-state index in [-0.39, 0.29) is 19.4 Å². The van der Waals surface area contributed by atoms with Crippen LogP contribution in [-0.2, 0) is 32.1 Å². The van der Waals surface area contributed by atoms with Gasteiger partial charge in [0, 0.05) is 23.0 Å². The fraction of sp³-hybridized carbons (Fsp3) is 0.261. The van der Waals surface area contributed by atoms with E-state index in [2.05, 4.69) is 4.98 Å². The van der Waals surface area contributed by atoms with E-state index in [1.165, 1.54) is 7.11 Å². The molecule has 0 saturated carbocycles. The maximum absolute atomic E-state index is 13.1. The highest BCUT2D eigenvalue weighted by molar-refractivity contribution is 5.89. The fourth-order valence-electron chi connectivity index (χ4n) is 4.07. The minimum atomic E-state index is -1.18. The summed E-state index contributed by atoms with van der Waals surface area (Å²) in [5, 5.41) is 10.8. The lowest BCUT2D eigenvalue weighted by molar-refractivity contribution is -0.148. The molecule has 0 spiro atoms. The molecule has 1 aliphatic rings. The Hall–Kier alpha value is -3.81. The summed E-state index contributed by atoms with van der Waals surface area (Å²) < 4.78 is 10.3. The van der Waals surface area contributed by atoms with Gasteiger partial charge in [-0.25, -0.2) is 9.59 Å². The lowest BCUT2D eigenvalue weighted by Gasteiger charge is -2.38. The zero-order valence-electron chi connectivity index (χ0n) is 16.9. The van der Waals surface area contributed by atoms with Gasteiger partial charge in [0.25, 0.3) is 0 Å². The van der Waals surface area contributed by atoms with Crippen LogP contribution in [0.15, 0.2) is 54.6 Å². The van der Waals surface area contributed by atoms with Crippen LogP contribution < -0.4 is 0 Å². The molecule has 0 unspecified atom stereocenters. The first-order chi connectivity index (χ1) is 15.0. The number of hydrogen-bond acceptors (Lipinski definition) is 5. The third-order valence-electron chi connectivity index (χ3n) is 5.54. The smallest absolute Gasteiger partial charge is 0.411 e. The fourth-order valence-corrected chi connectivity index (χ4v) is 4.07. The Labute approximate surface area is 178 Å². The number of aromatic amines is 1. The zero-order chi connectivity index (χ0) is 22.0. The minimum absolute atomic E-state index is 0.00693. The highest BCUT2D eigenvalue weighted by Gasteiger charge is 2.44. The van der Waals surface area contributed by atoms with Crippen LogP contribution in [0.4, 0.5) is 4.79 Å². The Balaban J connectivity index is 1.73. The molecule has 2 heterocycles. The van der Waals surface area contributed by atoms with Crippen molar-refractivity contribution in [2.45, 2.75) is 31.5 Å². The van der Waals surface area contributed by atoms with Gasteiger partial charge in [-0.1, -0.05) is 48.5 Å². The van der Waals surface area contributed by atoms with Gasteiger partial charge >= 0.3 is 18.0 Å². The van der Waals surface area contributed by atoms with Crippen molar-refractivity contribution in [1.29, 1.82) is 0 Å². The Morgan fingerprint density at radius 2 is 1.81 bits per heavy atom. The van der Waals surface area contributed by atoms with Crippen LogP contribution in [0.1, 0.15) is 29.3 Å². The lowest BCUT2D eigenvalue weighted by Crippen LogP contribution is -2.51. The Morgan fingerprint density at radius 3 is 2.52 bits per heavy atom. The average Bonchev–Trinajstić information content (AvgIpc) is 3.16. The van der Waals surface area contributed by atoms with Crippen LogP contribution in [0.2, 0.25) is 0 Å². The molecule has 2 atom stereocenters. The average molecular weight is 422 g/mol. The minimum Gasteiger partial charge on any atom is -0.480 e. The Kier molecular flexibility index (Phi) is 5.62. The predicted molar refractivity (Wildman–Crippen MR) is 111 cm³/mol. The number of aliphatic carboxylic acids is 1. The molecule has 0 bridgehead atoms. The topological polar surface area (TPSA) is 109 Å². The second-order valence-electron chi connectivity index (χ2n) is 7.36. The number of H-pyrrole nitrogens is 1. The highest BCUT2D eigenvalue weighted by atomic mass is 16.6. The molecule has 2 N–H and O–H groups in total. The van der Waals surface area contributed by atoms with Crippen molar-refractivity contribution in [3.63, 3.8) is 0 Å². The van der Waals surface area contributed by atoms with E-state index >= 15 is 0 Å². The van der Waals surface area contributed by atoms with Gasteiger partial charge in [0.15, 0.2) is 0 Å². The number of benzene rings is 2. The van der Waals surface area contributed by atoms with E-state index in [4.69, 9.17) is 9.47 Å². The lowest BCUT2D eigenvalue weighted by atomic mass is 9.90. The van der Waals surface area contributed by atoms with Crippen LogP contribution in [-0.4, -0.2) is 46.2 Å². The summed E-state index contributed by atoms with van der Waals surface area (Å²) in [7, 11) is 1.25. The molecule has 0 aliphatic carbocycles. The van der Waals surface area contributed by atoms with Crippen molar-refractivity contribution in [2.24, 2.45) is 0 Å². The number of methoxy groups -OCH3 is 1. The van der Waals surface area contributed by atoms with E-state index in [0.29, 0.717) is 5.69 Å². The number of hydrogen-bond donors (Lipinski definition) is 2. The van der Waals surface area contributed by atoms with Crippen molar-refractivity contribution in [2.75, 3.05) is 7.11 Å². The molecule has 3 aromatic rings. The number of rotatable bonds is 5. The predicted octanol–water partition coefficient (Wildman–Crippen LogP) is 3.42. The first-order valence-electron chi connectivity index (χ1n) is 9.87. The quantitative estimate of drug-likeness (QED) is 0.610. The largest absolute Gasteiger partial charge is 0.480 e. The summed E-state index contributed by atoms with van der Waals surface area (Å²) in [6.45, 7) is -0.00693. The number of carboxylic acids is 1. The molecular formula is C23H22N2O6. The number of para-hydroxylation sites is 1. The van der Waals surface area contributed by atoms with Gasteiger partial charge in [0.2, 0.25) is 0 Å². The molecule has 160 valence electrons. The molecule has 2 aromatic carbocycles. The van der Waals surface area contributed by atoms with Gasteiger partial charge in [0.05, 0.1) is 19.6 Å². The molecule has 0 saturated heterocycles. The molecule has 1 aliphatic heterocycles.